The maximum Gasteiger partial charge on any atom is 0.253 e. The van der Waals surface area contributed by atoms with Gasteiger partial charge in [0, 0.05) is 36.3 Å². The number of rotatable bonds is 3. The van der Waals surface area contributed by atoms with Crippen molar-refractivity contribution in [2.45, 2.75) is 26.3 Å². The van der Waals surface area contributed by atoms with Crippen molar-refractivity contribution in [3.63, 3.8) is 0 Å². The lowest BCUT2D eigenvalue weighted by molar-refractivity contribution is -0.118. The molecule has 0 aromatic heterocycles. The molecule has 0 radical (unpaired) electrons. The molecule has 5 nitrogen and oxygen atoms in total. The van der Waals surface area contributed by atoms with Gasteiger partial charge in [0.15, 0.2) is 0 Å². The molecule has 0 saturated carbocycles. The number of nitrogens with zero attached hydrogens (tertiary/aromatic N) is 1. The Kier molecular flexibility index (Phi) is 6.18. The van der Waals surface area contributed by atoms with Crippen molar-refractivity contribution >= 4 is 29.9 Å². The Labute approximate surface area is 131 Å². The molecular weight excluding hydrogens is 290 g/mol. The molecule has 1 fully saturated rings. The van der Waals surface area contributed by atoms with Crippen molar-refractivity contribution in [3.05, 3.63) is 29.8 Å². The molecule has 1 aromatic carbocycles. The second-order valence-electron chi connectivity index (χ2n) is 5.52. The van der Waals surface area contributed by atoms with Crippen molar-refractivity contribution in [1.29, 1.82) is 0 Å². The summed E-state index contributed by atoms with van der Waals surface area (Å²) in [6, 6.07) is 7.07. The summed E-state index contributed by atoms with van der Waals surface area (Å²) in [5.41, 5.74) is 7.14. The number of halogens is 1. The smallest absolute Gasteiger partial charge is 0.253 e. The highest BCUT2D eigenvalue weighted by molar-refractivity contribution is 5.96. The average molecular weight is 312 g/mol. The number of hydrogen-bond donors (Lipinski definition) is 2. The summed E-state index contributed by atoms with van der Waals surface area (Å²) in [5, 5.41) is 2.80. The van der Waals surface area contributed by atoms with Crippen LogP contribution in [0.25, 0.3) is 0 Å². The van der Waals surface area contributed by atoms with Gasteiger partial charge in [-0.05, 0) is 30.7 Å². The Morgan fingerprint density at radius 1 is 1.29 bits per heavy atom. The van der Waals surface area contributed by atoms with E-state index in [0.29, 0.717) is 24.3 Å². The molecular formula is C15H22ClN3O2. The van der Waals surface area contributed by atoms with Gasteiger partial charge in [-0.1, -0.05) is 13.8 Å². The van der Waals surface area contributed by atoms with E-state index in [2.05, 4.69) is 5.32 Å². The highest BCUT2D eigenvalue weighted by Gasteiger charge is 2.24. The summed E-state index contributed by atoms with van der Waals surface area (Å²) < 4.78 is 0. The van der Waals surface area contributed by atoms with Crippen LogP contribution in [0.5, 0.6) is 0 Å². The molecule has 2 rings (SSSR count). The van der Waals surface area contributed by atoms with Crippen molar-refractivity contribution in [1.82, 2.24) is 4.90 Å². The Morgan fingerprint density at radius 3 is 2.38 bits per heavy atom. The van der Waals surface area contributed by atoms with Crippen LogP contribution < -0.4 is 11.1 Å². The molecule has 0 unspecified atom stereocenters. The van der Waals surface area contributed by atoms with E-state index in [4.69, 9.17) is 5.73 Å². The second-order valence-corrected chi connectivity index (χ2v) is 5.52. The molecule has 6 heteroatoms. The number of likely N-dealkylation sites (tertiary alicyclic amines) is 1. The number of hydrogen-bond acceptors (Lipinski definition) is 3. The predicted molar refractivity (Wildman–Crippen MR) is 85.7 cm³/mol. The van der Waals surface area contributed by atoms with Gasteiger partial charge in [0.25, 0.3) is 5.91 Å². The molecule has 0 spiro atoms. The Morgan fingerprint density at radius 2 is 1.90 bits per heavy atom. The van der Waals surface area contributed by atoms with E-state index in [1.165, 1.54) is 0 Å². The van der Waals surface area contributed by atoms with Crippen LogP contribution in [0.1, 0.15) is 30.6 Å². The fourth-order valence-corrected chi connectivity index (χ4v) is 2.14. The molecule has 1 saturated heterocycles. The number of nitrogens with one attached hydrogen (secondary N) is 1. The number of nitrogens with two attached hydrogens (primary N) is 1. The first-order chi connectivity index (χ1) is 9.47. The Hall–Kier alpha value is -1.59. The van der Waals surface area contributed by atoms with Crippen LogP contribution in [0.15, 0.2) is 24.3 Å². The van der Waals surface area contributed by atoms with Gasteiger partial charge in [-0.3, -0.25) is 9.59 Å². The monoisotopic (exact) mass is 311 g/mol. The SMILES string of the molecule is CC(C)C(=O)Nc1ccc(C(=O)N2CC[C@@H](N)C2)cc1.Cl. The zero-order valence-corrected chi connectivity index (χ0v) is 13.2. The van der Waals surface area contributed by atoms with Gasteiger partial charge in [-0.15, -0.1) is 12.4 Å². The summed E-state index contributed by atoms with van der Waals surface area (Å²) in [5.74, 6) is -0.100. The summed E-state index contributed by atoms with van der Waals surface area (Å²) in [6.07, 6.45) is 0.855. The summed E-state index contributed by atoms with van der Waals surface area (Å²) >= 11 is 0. The molecule has 3 N–H and O–H groups in total. The highest BCUT2D eigenvalue weighted by Crippen LogP contribution is 2.15. The van der Waals surface area contributed by atoms with E-state index in [1.807, 2.05) is 13.8 Å². The maximum absolute atomic E-state index is 12.2. The number of carbonyl (C=O) groups is 2. The standard InChI is InChI=1S/C15H21N3O2.ClH/c1-10(2)14(19)17-13-5-3-11(4-6-13)15(20)18-8-7-12(16)9-18;/h3-6,10,12H,7-9,16H2,1-2H3,(H,17,19);1H/t12-;/m1./s1. The maximum atomic E-state index is 12.2. The Bertz CT molecular complexity index is 502. The van der Waals surface area contributed by atoms with Crippen molar-refractivity contribution in [2.24, 2.45) is 11.7 Å². The van der Waals surface area contributed by atoms with Gasteiger partial charge in [-0.2, -0.15) is 0 Å². The first-order valence-corrected chi connectivity index (χ1v) is 6.93. The highest BCUT2D eigenvalue weighted by atomic mass is 35.5. The molecule has 2 amide bonds. The van der Waals surface area contributed by atoms with E-state index < -0.39 is 0 Å². The zero-order valence-electron chi connectivity index (χ0n) is 12.3. The van der Waals surface area contributed by atoms with Crippen LogP contribution in [0.4, 0.5) is 5.69 Å². The van der Waals surface area contributed by atoms with Crippen molar-refractivity contribution in [3.8, 4) is 0 Å². The van der Waals surface area contributed by atoms with Gasteiger partial charge < -0.3 is 16.0 Å². The molecule has 1 atom stereocenters. The molecule has 1 heterocycles. The van der Waals surface area contributed by atoms with Crippen LogP contribution >= 0.6 is 12.4 Å². The number of anilines is 1. The lowest BCUT2D eigenvalue weighted by Gasteiger charge is -2.16. The third kappa shape index (κ3) is 4.44. The number of carbonyl (C=O) groups excluding carboxylic acids is 2. The third-order valence-electron chi connectivity index (χ3n) is 3.44. The van der Waals surface area contributed by atoms with Crippen molar-refractivity contribution in [2.75, 3.05) is 18.4 Å². The van der Waals surface area contributed by atoms with E-state index in [0.717, 1.165) is 6.42 Å². The van der Waals surface area contributed by atoms with Crippen molar-refractivity contribution < 1.29 is 9.59 Å². The fraction of sp³-hybridized carbons (Fsp3) is 0.467. The first kappa shape index (κ1) is 17.5. The van der Waals surface area contributed by atoms with E-state index in [1.54, 1.807) is 29.2 Å². The van der Waals surface area contributed by atoms with Crippen LogP contribution in [-0.2, 0) is 4.79 Å². The van der Waals surface area contributed by atoms with Crippen LogP contribution in [0.3, 0.4) is 0 Å². The number of benzene rings is 1. The first-order valence-electron chi connectivity index (χ1n) is 6.93. The summed E-state index contributed by atoms with van der Waals surface area (Å²) in [6.45, 7) is 5.00. The topological polar surface area (TPSA) is 75.4 Å². The van der Waals surface area contributed by atoms with Gasteiger partial charge in [0.2, 0.25) is 5.91 Å². The normalized spacial score (nSPS) is 17.5. The molecule has 0 aliphatic carbocycles. The third-order valence-corrected chi connectivity index (χ3v) is 3.44. The van der Waals surface area contributed by atoms with Gasteiger partial charge in [-0.25, -0.2) is 0 Å². The largest absolute Gasteiger partial charge is 0.337 e. The van der Waals surface area contributed by atoms with Crippen LogP contribution in [-0.4, -0.2) is 35.8 Å². The number of amides is 2. The molecule has 1 aliphatic rings. The van der Waals surface area contributed by atoms with E-state index in [-0.39, 0.29) is 36.2 Å². The van der Waals surface area contributed by atoms with Gasteiger partial charge in [0.05, 0.1) is 0 Å². The van der Waals surface area contributed by atoms with E-state index in [9.17, 15) is 9.59 Å². The minimum atomic E-state index is -0.0672. The lowest BCUT2D eigenvalue weighted by atomic mass is 10.1. The van der Waals surface area contributed by atoms with Gasteiger partial charge >= 0.3 is 0 Å². The molecule has 1 aliphatic heterocycles. The molecule has 116 valence electrons. The predicted octanol–water partition coefficient (Wildman–Crippen LogP) is 1.88. The lowest BCUT2D eigenvalue weighted by Crippen LogP contribution is -2.31. The van der Waals surface area contributed by atoms with Crippen LogP contribution in [0, 0.1) is 5.92 Å². The summed E-state index contributed by atoms with van der Waals surface area (Å²) in [4.78, 5) is 25.6. The second kappa shape index (κ2) is 7.43. The minimum Gasteiger partial charge on any atom is -0.337 e. The zero-order chi connectivity index (χ0) is 14.7. The van der Waals surface area contributed by atoms with Crippen LogP contribution in [0.2, 0.25) is 0 Å². The average Bonchev–Trinajstić information content (AvgIpc) is 2.85. The molecule has 1 aromatic rings. The van der Waals surface area contributed by atoms with Gasteiger partial charge in [0.1, 0.15) is 0 Å². The van der Waals surface area contributed by atoms with E-state index >= 15 is 0 Å². The quantitative estimate of drug-likeness (QED) is 0.895. The fourth-order valence-electron chi connectivity index (χ4n) is 2.14. The summed E-state index contributed by atoms with van der Waals surface area (Å²) in [7, 11) is 0. The molecule has 21 heavy (non-hydrogen) atoms. The minimum absolute atomic E-state index is 0. The Balaban J connectivity index is 0.00000220. The molecule has 0 bridgehead atoms.